The Balaban J connectivity index is 2.17. The van der Waals surface area contributed by atoms with Gasteiger partial charge in [-0.1, -0.05) is 12.1 Å². The van der Waals surface area contributed by atoms with Crippen molar-refractivity contribution in [1.29, 1.82) is 0 Å². The van der Waals surface area contributed by atoms with Gasteiger partial charge in [-0.2, -0.15) is 0 Å². The molecule has 0 saturated carbocycles. The lowest BCUT2D eigenvalue weighted by Crippen LogP contribution is -2.06. The molecule has 0 N–H and O–H groups in total. The molecule has 0 aliphatic carbocycles. The van der Waals surface area contributed by atoms with Crippen LogP contribution < -0.4 is 0 Å². The Morgan fingerprint density at radius 3 is 2.75 bits per heavy atom. The van der Waals surface area contributed by atoms with E-state index in [1.54, 1.807) is 0 Å². The van der Waals surface area contributed by atoms with E-state index in [1.165, 1.54) is 16.7 Å². The third kappa shape index (κ3) is 2.18. The van der Waals surface area contributed by atoms with Gasteiger partial charge in [0.15, 0.2) is 0 Å². The maximum absolute atomic E-state index is 6.06. The van der Waals surface area contributed by atoms with Gasteiger partial charge in [-0.15, -0.1) is 11.6 Å². The van der Waals surface area contributed by atoms with E-state index in [0.717, 1.165) is 23.4 Å². The van der Waals surface area contributed by atoms with Crippen LogP contribution in [0.2, 0.25) is 0 Å². The molecule has 2 heterocycles. The topological polar surface area (TPSA) is 30.7 Å². The average Bonchev–Trinajstić information content (AvgIpc) is 2.81. The van der Waals surface area contributed by atoms with Crippen LogP contribution in [0.25, 0.3) is 11.0 Å². The van der Waals surface area contributed by atoms with Gasteiger partial charge in [0.25, 0.3) is 0 Å². The molecule has 0 aliphatic heterocycles. The highest BCUT2D eigenvalue weighted by molar-refractivity contribution is 6.16. The molecule has 1 aromatic carbocycles. The number of rotatable bonds is 3. The molecule has 4 heteroatoms. The first-order valence-electron chi connectivity index (χ1n) is 6.61. The summed E-state index contributed by atoms with van der Waals surface area (Å²) in [6.07, 6.45) is 3.73. The Morgan fingerprint density at radius 1 is 1.15 bits per heavy atom. The minimum absolute atomic E-state index is 0.410. The predicted octanol–water partition coefficient (Wildman–Crippen LogP) is 3.84. The summed E-state index contributed by atoms with van der Waals surface area (Å²) in [5, 5.41) is 0. The van der Waals surface area contributed by atoms with Gasteiger partial charge in [-0.3, -0.25) is 4.98 Å². The Morgan fingerprint density at radius 2 is 2.00 bits per heavy atom. The third-order valence-electron chi connectivity index (χ3n) is 3.64. The summed E-state index contributed by atoms with van der Waals surface area (Å²) < 4.78 is 2.20. The molecule has 2 aromatic heterocycles. The molecule has 0 spiro atoms. The molecule has 0 aliphatic rings. The van der Waals surface area contributed by atoms with Gasteiger partial charge in [0.2, 0.25) is 0 Å². The molecular formula is C16H16ClN3. The van der Waals surface area contributed by atoms with E-state index in [4.69, 9.17) is 11.6 Å². The van der Waals surface area contributed by atoms with Crippen LogP contribution in [0.15, 0.2) is 36.7 Å². The van der Waals surface area contributed by atoms with Crippen molar-refractivity contribution in [3.05, 3.63) is 59.2 Å². The number of halogens is 1. The van der Waals surface area contributed by atoms with Crippen molar-refractivity contribution in [1.82, 2.24) is 14.5 Å². The van der Waals surface area contributed by atoms with Gasteiger partial charge in [0, 0.05) is 12.4 Å². The number of hydrogen-bond donors (Lipinski definition) is 0. The van der Waals surface area contributed by atoms with Gasteiger partial charge < -0.3 is 4.57 Å². The van der Waals surface area contributed by atoms with Crippen LogP contribution in [-0.4, -0.2) is 14.5 Å². The first-order valence-corrected chi connectivity index (χ1v) is 7.14. The number of benzene rings is 1. The maximum Gasteiger partial charge on any atom is 0.125 e. The number of hydrogen-bond acceptors (Lipinski definition) is 2. The number of para-hydroxylation sites is 1. The Kier molecular flexibility index (Phi) is 3.45. The molecule has 0 saturated heterocycles. The number of fused-ring (bicyclic) bond motifs is 1. The monoisotopic (exact) mass is 285 g/mol. The second-order valence-electron chi connectivity index (χ2n) is 4.99. The minimum atomic E-state index is 0.410. The molecule has 3 rings (SSSR count). The number of nitrogens with zero attached hydrogens (tertiary/aromatic N) is 3. The number of aromatic nitrogens is 3. The smallest absolute Gasteiger partial charge is 0.125 e. The quantitative estimate of drug-likeness (QED) is 0.685. The highest BCUT2D eigenvalue weighted by Gasteiger charge is 2.12. The van der Waals surface area contributed by atoms with Gasteiger partial charge in [-0.05, 0) is 42.7 Å². The molecule has 20 heavy (non-hydrogen) atoms. The number of imidazole rings is 1. The molecule has 102 valence electrons. The van der Waals surface area contributed by atoms with Crippen LogP contribution in [0.5, 0.6) is 0 Å². The zero-order valence-electron chi connectivity index (χ0n) is 11.6. The SMILES string of the molecule is Cc1ccncc1Cn1c(CCl)nc2cccc(C)c21. The largest absolute Gasteiger partial charge is 0.322 e. The zero-order valence-corrected chi connectivity index (χ0v) is 12.4. The van der Waals surface area contributed by atoms with Crippen LogP contribution in [-0.2, 0) is 12.4 Å². The molecule has 0 fully saturated rings. The van der Waals surface area contributed by atoms with Gasteiger partial charge in [0.1, 0.15) is 5.82 Å². The Labute approximate surface area is 123 Å². The van der Waals surface area contributed by atoms with Crippen LogP contribution >= 0.6 is 11.6 Å². The van der Waals surface area contributed by atoms with E-state index in [2.05, 4.69) is 34.4 Å². The highest BCUT2D eigenvalue weighted by Crippen LogP contribution is 2.23. The lowest BCUT2D eigenvalue weighted by atomic mass is 10.1. The van der Waals surface area contributed by atoms with Crippen LogP contribution in [0.1, 0.15) is 22.5 Å². The normalized spacial score (nSPS) is 11.2. The summed E-state index contributed by atoms with van der Waals surface area (Å²) in [6, 6.07) is 8.20. The number of pyridine rings is 1. The standard InChI is InChI=1S/C16H16ClN3/c1-11-6-7-18-9-13(11)10-20-15(8-17)19-14-5-3-4-12(2)16(14)20/h3-7,9H,8,10H2,1-2H3. The highest BCUT2D eigenvalue weighted by atomic mass is 35.5. The summed E-state index contributed by atoms with van der Waals surface area (Å²) in [5.41, 5.74) is 5.80. The van der Waals surface area contributed by atoms with Gasteiger partial charge in [0.05, 0.1) is 23.5 Å². The molecule has 0 bridgehead atoms. The van der Waals surface area contributed by atoms with Crippen molar-refractivity contribution >= 4 is 22.6 Å². The molecule has 0 atom stereocenters. The van der Waals surface area contributed by atoms with Crippen LogP contribution in [0.4, 0.5) is 0 Å². The second-order valence-corrected chi connectivity index (χ2v) is 5.26. The average molecular weight is 286 g/mol. The maximum atomic E-state index is 6.06. The molecular weight excluding hydrogens is 270 g/mol. The summed E-state index contributed by atoms with van der Waals surface area (Å²) in [6.45, 7) is 4.96. The van der Waals surface area contributed by atoms with E-state index < -0.39 is 0 Å². The fourth-order valence-corrected chi connectivity index (χ4v) is 2.72. The van der Waals surface area contributed by atoms with E-state index >= 15 is 0 Å². The Bertz CT molecular complexity index is 762. The van der Waals surface area contributed by atoms with Crippen molar-refractivity contribution in [2.45, 2.75) is 26.3 Å². The minimum Gasteiger partial charge on any atom is -0.322 e. The van der Waals surface area contributed by atoms with Crippen molar-refractivity contribution in [3.63, 3.8) is 0 Å². The van der Waals surface area contributed by atoms with Gasteiger partial charge >= 0.3 is 0 Å². The first-order chi connectivity index (χ1) is 9.70. The third-order valence-corrected chi connectivity index (χ3v) is 3.88. The fourth-order valence-electron chi connectivity index (χ4n) is 2.52. The van der Waals surface area contributed by atoms with E-state index in [-0.39, 0.29) is 0 Å². The first kappa shape index (κ1) is 13.1. The lowest BCUT2D eigenvalue weighted by Gasteiger charge is -2.11. The summed E-state index contributed by atoms with van der Waals surface area (Å²) in [5.74, 6) is 1.31. The van der Waals surface area contributed by atoms with Crippen LogP contribution in [0, 0.1) is 13.8 Å². The molecule has 0 amide bonds. The molecule has 3 nitrogen and oxygen atoms in total. The van der Waals surface area contributed by atoms with Crippen molar-refractivity contribution in [3.8, 4) is 0 Å². The second kappa shape index (κ2) is 5.25. The Hall–Kier alpha value is -1.87. The van der Waals surface area contributed by atoms with Crippen molar-refractivity contribution in [2.75, 3.05) is 0 Å². The van der Waals surface area contributed by atoms with Gasteiger partial charge in [-0.25, -0.2) is 4.98 Å². The molecule has 3 aromatic rings. The van der Waals surface area contributed by atoms with E-state index in [0.29, 0.717) is 5.88 Å². The van der Waals surface area contributed by atoms with E-state index in [1.807, 2.05) is 30.6 Å². The van der Waals surface area contributed by atoms with E-state index in [9.17, 15) is 0 Å². The number of aryl methyl sites for hydroxylation is 2. The van der Waals surface area contributed by atoms with Crippen LogP contribution in [0.3, 0.4) is 0 Å². The summed E-state index contributed by atoms with van der Waals surface area (Å²) in [7, 11) is 0. The fraction of sp³-hybridized carbons (Fsp3) is 0.250. The lowest BCUT2D eigenvalue weighted by molar-refractivity contribution is 0.769. The number of alkyl halides is 1. The van der Waals surface area contributed by atoms with Crippen molar-refractivity contribution < 1.29 is 0 Å². The summed E-state index contributed by atoms with van der Waals surface area (Å²) in [4.78, 5) is 8.85. The zero-order chi connectivity index (χ0) is 14.1. The van der Waals surface area contributed by atoms with Crippen molar-refractivity contribution in [2.24, 2.45) is 0 Å². The summed E-state index contributed by atoms with van der Waals surface area (Å²) >= 11 is 6.06. The molecule has 0 unspecified atom stereocenters. The molecule has 0 radical (unpaired) electrons. The predicted molar refractivity (Wildman–Crippen MR) is 82.1 cm³/mol.